The molecule has 0 aliphatic heterocycles. The summed E-state index contributed by atoms with van der Waals surface area (Å²) in [6.45, 7) is 7.37. The zero-order valence-corrected chi connectivity index (χ0v) is 16.4. The van der Waals surface area contributed by atoms with Crippen LogP contribution in [0, 0.1) is 34.0 Å². The van der Waals surface area contributed by atoms with E-state index >= 15 is 0 Å². The van der Waals surface area contributed by atoms with Crippen LogP contribution in [-0.4, -0.2) is 37.5 Å². The van der Waals surface area contributed by atoms with Crippen LogP contribution in [0.2, 0.25) is 0 Å². The molecule has 2 rings (SSSR count). The molecule has 1 fully saturated rings. The van der Waals surface area contributed by atoms with Crippen LogP contribution in [0.4, 0.5) is 0 Å². The minimum Gasteiger partial charge on any atom is -0.498 e. The summed E-state index contributed by atoms with van der Waals surface area (Å²) < 4.78 is 16.1. The van der Waals surface area contributed by atoms with Gasteiger partial charge in [-0.2, -0.15) is 5.26 Å². The molecule has 7 nitrogen and oxygen atoms in total. The third-order valence-electron chi connectivity index (χ3n) is 5.79. The Kier molecular flexibility index (Phi) is 6.30. The second-order valence-corrected chi connectivity index (χ2v) is 7.00. The Labute approximate surface area is 159 Å². The van der Waals surface area contributed by atoms with Gasteiger partial charge in [-0.15, -0.1) is 0 Å². The summed E-state index contributed by atoms with van der Waals surface area (Å²) >= 11 is 0. The fourth-order valence-electron chi connectivity index (χ4n) is 4.49. The van der Waals surface area contributed by atoms with E-state index in [0.29, 0.717) is 18.8 Å². The quantitative estimate of drug-likeness (QED) is 0.517. The predicted molar refractivity (Wildman–Crippen MR) is 95.0 cm³/mol. The molecule has 2 aliphatic rings. The lowest BCUT2D eigenvalue weighted by Crippen LogP contribution is -2.62. The Morgan fingerprint density at radius 2 is 1.78 bits per heavy atom. The maximum absolute atomic E-state index is 13.1. The van der Waals surface area contributed by atoms with Gasteiger partial charge in [0.15, 0.2) is 11.2 Å². The summed E-state index contributed by atoms with van der Waals surface area (Å²) in [5, 5.41) is 9.96. The molecule has 0 heterocycles. The van der Waals surface area contributed by atoms with Crippen molar-refractivity contribution < 1.29 is 28.6 Å². The van der Waals surface area contributed by atoms with Gasteiger partial charge in [-0.3, -0.25) is 14.4 Å². The Morgan fingerprint density at radius 3 is 2.26 bits per heavy atom. The van der Waals surface area contributed by atoms with E-state index < -0.39 is 40.4 Å². The molecule has 0 N–H and O–H groups in total. The van der Waals surface area contributed by atoms with Crippen molar-refractivity contribution >= 4 is 17.7 Å². The lowest BCUT2D eigenvalue weighted by Gasteiger charge is -2.52. The molecule has 0 bridgehead atoms. The third kappa shape index (κ3) is 3.11. The maximum Gasteiger partial charge on any atom is 0.324 e. The van der Waals surface area contributed by atoms with Crippen LogP contribution in [-0.2, 0) is 28.6 Å². The second-order valence-electron chi connectivity index (χ2n) is 7.00. The highest BCUT2D eigenvalue weighted by Crippen LogP contribution is 2.59. The first-order valence-corrected chi connectivity index (χ1v) is 9.48. The Hall–Kier alpha value is -2.36. The van der Waals surface area contributed by atoms with Crippen molar-refractivity contribution in [3.8, 4) is 6.07 Å². The molecule has 0 aromatic carbocycles. The molecular formula is C20H27NO6. The van der Waals surface area contributed by atoms with Crippen molar-refractivity contribution in [3.05, 3.63) is 11.8 Å². The highest BCUT2D eigenvalue weighted by atomic mass is 16.6. The van der Waals surface area contributed by atoms with E-state index in [1.165, 1.54) is 6.08 Å². The summed E-state index contributed by atoms with van der Waals surface area (Å²) in [7, 11) is 0. The van der Waals surface area contributed by atoms with Gasteiger partial charge in [-0.25, -0.2) is 0 Å². The number of nitrogens with zero attached hydrogens (tertiary/aromatic N) is 1. The van der Waals surface area contributed by atoms with Crippen LogP contribution < -0.4 is 0 Å². The number of carbonyl (C=O) groups is 3. The summed E-state index contributed by atoms with van der Waals surface area (Å²) in [4.78, 5) is 39.2. The highest BCUT2D eigenvalue weighted by molar-refractivity contribution is 6.05. The number of esters is 2. The molecule has 0 aromatic heterocycles. The fourth-order valence-corrected chi connectivity index (χ4v) is 4.49. The van der Waals surface area contributed by atoms with Crippen LogP contribution in [0.3, 0.4) is 0 Å². The SMILES string of the molecule is CCOC(=O)C1(C(=O)OCC)[C@H](C)CC[C@@]2(C#N)C(=O)C=C(OCC)C[C@H]12. The molecule has 3 atom stereocenters. The molecule has 7 heteroatoms. The monoisotopic (exact) mass is 377 g/mol. The second kappa shape index (κ2) is 8.12. The van der Waals surface area contributed by atoms with Crippen LogP contribution in [0.1, 0.15) is 47.0 Å². The number of allylic oxidation sites excluding steroid dienone is 2. The van der Waals surface area contributed by atoms with Gasteiger partial charge in [-0.1, -0.05) is 6.92 Å². The predicted octanol–water partition coefficient (Wildman–Crippen LogP) is 2.55. The van der Waals surface area contributed by atoms with E-state index in [9.17, 15) is 19.6 Å². The van der Waals surface area contributed by atoms with E-state index in [0.717, 1.165) is 0 Å². The van der Waals surface area contributed by atoms with Crippen molar-refractivity contribution in [1.29, 1.82) is 5.26 Å². The largest absolute Gasteiger partial charge is 0.498 e. The molecule has 0 amide bonds. The Morgan fingerprint density at radius 1 is 1.19 bits per heavy atom. The first-order chi connectivity index (χ1) is 12.8. The van der Waals surface area contributed by atoms with Gasteiger partial charge < -0.3 is 14.2 Å². The molecule has 1 saturated carbocycles. The van der Waals surface area contributed by atoms with Gasteiger partial charge in [0.2, 0.25) is 0 Å². The van der Waals surface area contributed by atoms with Crippen molar-refractivity contribution in [3.63, 3.8) is 0 Å². The Balaban J connectivity index is 2.70. The van der Waals surface area contributed by atoms with E-state index in [2.05, 4.69) is 6.07 Å². The first-order valence-electron chi connectivity index (χ1n) is 9.48. The normalized spacial score (nSPS) is 29.0. The van der Waals surface area contributed by atoms with Gasteiger partial charge in [0.25, 0.3) is 0 Å². The molecule has 0 saturated heterocycles. The first kappa shape index (κ1) is 20.9. The summed E-state index contributed by atoms with van der Waals surface area (Å²) in [5.41, 5.74) is -3.18. The van der Waals surface area contributed by atoms with E-state index in [1.807, 2.05) is 0 Å². The fraction of sp³-hybridized carbons (Fsp3) is 0.700. The van der Waals surface area contributed by atoms with Crippen molar-refractivity contribution in [2.24, 2.45) is 22.7 Å². The van der Waals surface area contributed by atoms with Gasteiger partial charge >= 0.3 is 11.9 Å². The van der Waals surface area contributed by atoms with E-state index in [1.54, 1.807) is 27.7 Å². The molecule has 0 unspecified atom stereocenters. The number of ether oxygens (including phenoxy) is 3. The van der Waals surface area contributed by atoms with Crippen LogP contribution in [0.15, 0.2) is 11.8 Å². The Bertz CT molecular complexity index is 673. The van der Waals surface area contributed by atoms with Gasteiger partial charge in [0, 0.05) is 18.4 Å². The zero-order valence-electron chi connectivity index (χ0n) is 16.4. The standard InChI is InChI=1S/C20H27NO6/c1-5-25-14-10-15-19(12-21,16(22)11-14)9-8-13(4)20(15,17(23)26-6-2)18(24)27-7-3/h11,13,15H,5-10H2,1-4H3/t13-,15+,19+/m1/s1. The van der Waals surface area contributed by atoms with E-state index in [4.69, 9.17) is 14.2 Å². The molecular weight excluding hydrogens is 350 g/mol. The van der Waals surface area contributed by atoms with Gasteiger partial charge in [-0.05, 0) is 39.5 Å². The molecule has 2 aliphatic carbocycles. The topological polar surface area (TPSA) is 103 Å². The van der Waals surface area contributed by atoms with Gasteiger partial charge in [0.1, 0.15) is 5.41 Å². The van der Waals surface area contributed by atoms with Crippen LogP contribution >= 0.6 is 0 Å². The number of ketones is 1. The summed E-state index contributed by atoms with van der Waals surface area (Å²) in [6.07, 6.45) is 2.12. The third-order valence-corrected chi connectivity index (χ3v) is 5.79. The number of hydrogen-bond acceptors (Lipinski definition) is 7. The number of nitriles is 1. The van der Waals surface area contributed by atoms with Crippen molar-refractivity contribution in [2.75, 3.05) is 19.8 Å². The minimum atomic E-state index is -1.72. The average molecular weight is 377 g/mol. The molecule has 0 spiro atoms. The smallest absolute Gasteiger partial charge is 0.324 e. The van der Waals surface area contributed by atoms with Crippen molar-refractivity contribution in [1.82, 2.24) is 0 Å². The van der Waals surface area contributed by atoms with Crippen LogP contribution in [0.5, 0.6) is 0 Å². The summed E-state index contributed by atoms with van der Waals surface area (Å²) in [5.74, 6) is -2.83. The number of carbonyl (C=O) groups excluding carboxylic acids is 3. The van der Waals surface area contributed by atoms with Gasteiger partial charge in [0.05, 0.1) is 31.6 Å². The van der Waals surface area contributed by atoms with Crippen LogP contribution in [0.25, 0.3) is 0 Å². The highest BCUT2D eigenvalue weighted by Gasteiger charge is 2.69. The molecule has 0 aromatic rings. The minimum absolute atomic E-state index is 0.0844. The number of rotatable bonds is 6. The lowest BCUT2D eigenvalue weighted by molar-refractivity contribution is -0.192. The lowest BCUT2D eigenvalue weighted by atomic mass is 9.47. The summed E-state index contributed by atoms with van der Waals surface area (Å²) in [6, 6.07) is 2.14. The average Bonchev–Trinajstić information content (AvgIpc) is 2.62. The molecule has 27 heavy (non-hydrogen) atoms. The molecule has 148 valence electrons. The molecule has 0 radical (unpaired) electrons. The maximum atomic E-state index is 13.1. The zero-order chi connectivity index (χ0) is 20.2. The number of fused-ring (bicyclic) bond motifs is 1. The van der Waals surface area contributed by atoms with E-state index in [-0.39, 0.29) is 26.1 Å². The van der Waals surface area contributed by atoms with Crippen molar-refractivity contribution in [2.45, 2.75) is 47.0 Å². The number of hydrogen-bond donors (Lipinski definition) is 0.